The molecule has 0 bridgehead atoms. The van der Waals surface area contributed by atoms with Crippen molar-refractivity contribution in [2.24, 2.45) is 0 Å². The van der Waals surface area contributed by atoms with E-state index in [4.69, 9.17) is 5.73 Å². The van der Waals surface area contributed by atoms with Crippen LogP contribution < -0.4 is 11.1 Å². The standard InChI is InChI=1S/C13H13N3O3.C2H6/c14-8-1-2-9-7(5-8)6-16(13(9)19)10-3-4-11(17)15-12(10)18;1-2/h1-2,5,10H,3-4,6,14H2,(H,15,17,18);1-2H3. The second-order valence-corrected chi connectivity index (χ2v) is 4.82. The minimum Gasteiger partial charge on any atom is -0.399 e. The van der Waals surface area contributed by atoms with E-state index >= 15 is 0 Å². The van der Waals surface area contributed by atoms with Crippen LogP contribution in [-0.2, 0) is 16.1 Å². The van der Waals surface area contributed by atoms with Gasteiger partial charge in [0.25, 0.3) is 5.91 Å². The van der Waals surface area contributed by atoms with Gasteiger partial charge in [-0.05, 0) is 30.2 Å². The van der Waals surface area contributed by atoms with E-state index in [0.29, 0.717) is 24.2 Å². The van der Waals surface area contributed by atoms with Crippen LogP contribution in [0.1, 0.15) is 42.6 Å². The summed E-state index contributed by atoms with van der Waals surface area (Å²) in [5.41, 5.74) is 7.70. The Morgan fingerprint density at radius 3 is 2.62 bits per heavy atom. The lowest BCUT2D eigenvalue weighted by molar-refractivity contribution is -0.136. The van der Waals surface area contributed by atoms with Gasteiger partial charge in [0.2, 0.25) is 11.8 Å². The molecule has 1 saturated heterocycles. The number of imide groups is 1. The van der Waals surface area contributed by atoms with Gasteiger partial charge in [0, 0.05) is 24.2 Å². The molecule has 1 unspecified atom stereocenters. The van der Waals surface area contributed by atoms with Gasteiger partial charge in [0.15, 0.2) is 0 Å². The number of nitrogen functional groups attached to an aromatic ring is 1. The van der Waals surface area contributed by atoms with Crippen LogP contribution in [0, 0.1) is 0 Å². The zero-order chi connectivity index (χ0) is 15.6. The largest absolute Gasteiger partial charge is 0.399 e. The van der Waals surface area contributed by atoms with Crippen molar-refractivity contribution in [3.63, 3.8) is 0 Å². The van der Waals surface area contributed by atoms with Crippen molar-refractivity contribution in [1.29, 1.82) is 0 Å². The van der Waals surface area contributed by atoms with Crippen LogP contribution in [0.5, 0.6) is 0 Å². The molecule has 1 aromatic rings. The number of rotatable bonds is 1. The highest BCUT2D eigenvalue weighted by Gasteiger charge is 2.38. The van der Waals surface area contributed by atoms with Gasteiger partial charge < -0.3 is 10.6 Å². The third kappa shape index (κ3) is 2.74. The molecule has 3 rings (SSSR count). The third-order valence-electron chi connectivity index (χ3n) is 3.55. The zero-order valence-electron chi connectivity index (χ0n) is 12.2. The molecule has 6 heteroatoms. The summed E-state index contributed by atoms with van der Waals surface area (Å²) in [5.74, 6) is -0.857. The smallest absolute Gasteiger partial charge is 0.255 e. The molecule has 3 amide bonds. The minimum absolute atomic E-state index is 0.176. The van der Waals surface area contributed by atoms with Crippen LogP contribution >= 0.6 is 0 Å². The average molecular weight is 289 g/mol. The van der Waals surface area contributed by atoms with E-state index in [9.17, 15) is 14.4 Å². The number of carbonyl (C=O) groups is 3. The van der Waals surface area contributed by atoms with Crippen molar-refractivity contribution < 1.29 is 14.4 Å². The number of nitrogens with two attached hydrogens (primary N) is 1. The first kappa shape index (κ1) is 15.0. The van der Waals surface area contributed by atoms with Gasteiger partial charge in [-0.3, -0.25) is 19.7 Å². The zero-order valence-corrected chi connectivity index (χ0v) is 12.2. The summed E-state index contributed by atoms with van der Waals surface area (Å²) in [4.78, 5) is 36.7. The molecule has 0 aromatic heterocycles. The number of hydrogen-bond donors (Lipinski definition) is 2. The summed E-state index contributed by atoms with van der Waals surface area (Å²) in [6, 6.07) is 4.53. The van der Waals surface area contributed by atoms with E-state index in [-0.39, 0.29) is 18.2 Å². The lowest BCUT2D eigenvalue weighted by Crippen LogP contribution is -2.52. The maximum atomic E-state index is 12.3. The molecule has 2 heterocycles. The van der Waals surface area contributed by atoms with E-state index in [0.717, 1.165) is 5.56 Å². The number of piperidine rings is 1. The highest BCUT2D eigenvalue weighted by atomic mass is 16.2. The SMILES string of the molecule is CC.Nc1ccc2c(c1)CN(C1CCC(=O)NC1=O)C2=O. The summed E-state index contributed by atoms with van der Waals surface area (Å²) in [6.07, 6.45) is 0.637. The van der Waals surface area contributed by atoms with Gasteiger partial charge in [-0.25, -0.2) is 0 Å². The summed E-state index contributed by atoms with van der Waals surface area (Å²) in [7, 11) is 0. The van der Waals surface area contributed by atoms with Crippen molar-refractivity contribution in [2.45, 2.75) is 39.3 Å². The Morgan fingerprint density at radius 1 is 1.24 bits per heavy atom. The maximum absolute atomic E-state index is 12.3. The number of nitrogens with zero attached hydrogens (tertiary/aromatic N) is 1. The first-order valence-corrected chi connectivity index (χ1v) is 7.09. The van der Waals surface area contributed by atoms with E-state index < -0.39 is 11.9 Å². The summed E-state index contributed by atoms with van der Waals surface area (Å²) >= 11 is 0. The molecule has 1 fully saturated rings. The second kappa shape index (κ2) is 5.95. The van der Waals surface area contributed by atoms with Crippen molar-refractivity contribution >= 4 is 23.4 Å². The Hall–Kier alpha value is -2.37. The van der Waals surface area contributed by atoms with Gasteiger partial charge in [-0.2, -0.15) is 0 Å². The fraction of sp³-hybridized carbons (Fsp3) is 0.400. The third-order valence-corrected chi connectivity index (χ3v) is 3.55. The lowest BCUT2D eigenvalue weighted by atomic mass is 10.0. The molecule has 0 radical (unpaired) electrons. The van der Waals surface area contributed by atoms with Crippen LogP contribution in [0.2, 0.25) is 0 Å². The molecule has 2 aliphatic heterocycles. The molecule has 1 aromatic carbocycles. The molecule has 1 atom stereocenters. The van der Waals surface area contributed by atoms with Crippen LogP contribution in [0.15, 0.2) is 18.2 Å². The predicted molar refractivity (Wildman–Crippen MR) is 78.2 cm³/mol. The van der Waals surface area contributed by atoms with E-state index in [1.807, 2.05) is 13.8 Å². The second-order valence-electron chi connectivity index (χ2n) is 4.82. The van der Waals surface area contributed by atoms with Crippen molar-refractivity contribution in [2.75, 3.05) is 5.73 Å². The molecule has 0 aliphatic carbocycles. The molecule has 2 aliphatic rings. The highest BCUT2D eigenvalue weighted by molar-refractivity contribution is 6.05. The Balaban J connectivity index is 0.000000774. The van der Waals surface area contributed by atoms with Gasteiger partial charge in [0.05, 0.1) is 0 Å². The molecular weight excluding hydrogens is 270 g/mol. The Bertz CT molecular complexity index is 598. The van der Waals surface area contributed by atoms with E-state index in [2.05, 4.69) is 5.32 Å². The van der Waals surface area contributed by atoms with Gasteiger partial charge in [-0.15, -0.1) is 0 Å². The average Bonchev–Trinajstić information content (AvgIpc) is 2.77. The van der Waals surface area contributed by atoms with E-state index in [1.54, 1.807) is 18.2 Å². The minimum atomic E-state index is -0.571. The maximum Gasteiger partial charge on any atom is 0.255 e. The van der Waals surface area contributed by atoms with Crippen LogP contribution in [0.4, 0.5) is 5.69 Å². The van der Waals surface area contributed by atoms with Gasteiger partial charge >= 0.3 is 0 Å². The fourth-order valence-corrected chi connectivity index (χ4v) is 2.59. The summed E-state index contributed by atoms with van der Waals surface area (Å²) in [5, 5.41) is 2.27. The fourth-order valence-electron chi connectivity index (χ4n) is 2.59. The van der Waals surface area contributed by atoms with Crippen molar-refractivity contribution in [1.82, 2.24) is 10.2 Å². The summed E-state index contributed by atoms with van der Waals surface area (Å²) < 4.78 is 0. The Labute approximate surface area is 123 Å². The molecule has 3 N–H and O–H groups in total. The number of benzene rings is 1. The molecule has 112 valence electrons. The quantitative estimate of drug-likeness (QED) is 0.597. The molecule has 6 nitrogen and oxygen atoms in total. The number of carbonyl (C=O) groups excluding carboxylic acids is 3. The lowest BCUT2D eigenvalue weighted by Gasteiger charge is -2.29. The number of fused-ring (bicyclic) bond motifs is 1. The van der Waals surface area contributed by atoms with Crippen LogP contribution in [0.25, 0.3) is 0 Å². The monoisotopic (exact) mass is 289 g/mol. The predicted octanol–water partition coefficient (Wildman–Crippen LogP) is 1.06. The normalized spacial score (nSPS) is 20.6. The van der Waals surface area contributed by atoms with Crippen LogP contribution in [-0.4, -0.2) is 28.7 Å². The number of anilines is 1. The van der Waals surface area contributed by atoms with Gasteiger partial charge in [0.1, 0.15) is 6.04 Å². The molecule has 0 spiro atoms. The van der Waals surface area contributed by atoms with Gasteiger partial charge in [-0.1, -0.05) is 13.8 Å². The van der Waals surface area contributed by atoms with Crippen LogP contribution in [0.3, 0.4) is 0 Å². The first-order chi connectivity index (χ1) is 10.1. The first-order valence-electron chi connectivity index (χ1n) is 7.09. The molecule has 0 saturated carbocycles. The molecule has 21 heavy (non-hydrogen) atoms. The summed E-state index contributed by atoms with van der Waals surface area (Å²) in [6.45, 7) is 4.37. The van der Waals surface area contributed by atoms with Crippen molar-refractivity contribution in [3.05, 3.63) is 29.3 Å². The number of amides is 3. The number of nitrogens with one attached hydrogen (secondary N) is 1. The van der Waals surface area contributed by atoms with Crippen molar-refractivity contribution in [3.8, 4) is 0 Å². The Morgan fingerprint density at radius 2 is 1.95 bits per heavy atom. The molecular formula is C15H19N3O3. The topological polar surface area (TPSA) is 92.5 Å². The highest BCUT2D eigenvalue weighted by Crippen LogP contribution is 2.28. The number of hydrogen-bond acceptors (Lipinski definition) is 4. The Kier molecular flexibility index (Phi) is 4.26. The van der Waals surface area contributed by atoms with E-state index in [1.165, 1.54) is 4.90 Å².